The van der Waals surface area contributed by atoms with Crippen molar-refractivity contribution in [1.29, 1.82) is 0 Å². The molecule has 74 valence electrons. The number of hydrogen-bond donors (Lipinski definition) is 1. The molecule has 1 heterocycles. The summed E-state index contributed by atoms with van der Waals surface area (Å²) in [5.74, 6) is 2.63. The quantitative estimate of drug-likeness (QED) is 0.520. The lowest BCUT2D eigenvalue weighted by Gasteiger charge is -2.21. The van der Waals surface area contributed by atoms with Crippen LogP contribution in [0.3, 0.4) is 0 Å². The van der Waals surface area contributed by atoms with Gasteiger partial charge in [0.05, 0.1) is 6.10 Å². The van der Waals surface area contributed by atoms with E-state index in [1.54, 1.807) is 0 Å². The maximum atomic E-state index is 9.70. The average molecular weight is 181 g/mol. The number of aliphatic hydroxyl groups is 1. The molecule has 2 nitrogen and oxygen atoms in total. The largest absolute Gasteiger partial charge is 0.391 e. The lowest BCUT2D eigenvalue weighted by atomic mass is 9.90. The van der Waals surface area contributed by atoms with Crippen molar-refractivity contribution in [1.82, 2.24) is 4.90 Å². The molecule has 1 rings (SSSR count). The van der Waals surface area contributed by atoms with E-state index in [0.717, 1.165) is 32.5 Å². The first-order valence-electron chi connectivity index (χ1n) is 4.90. The van der Waals surface area contributed by atoms with Crippen molar-refractivity contribution in [2.75, 3.05) is 19.6 Å². The fourth-order valence-corrected chi connectivity index (χ4v) is 1.81. The SMILES string of the molecule is C#CCCCN1CC(O)C(C)(C)C1. The van der Waals surface area contributed by atoms with Crippen LogP contribution in [0.5, 0.6) is 0 Å². The van der Waals surface area contributed by atoms with E-state index >= 15 is 0 Å². The Bertz CT molecular complexity index is 205. The number of aliphatic hydroxyl groups excluding tert-OH is 1. The predicted molar refractivity (Wildman–Crippen MR) is 54.3 cm³/mol. The fraction of sp³-hybridized carbons (Fsp3) is 0.818. The number of terminal acetylenes is 1. The third kappa shape index (κ3) is 2.72. The third-order valence-electron chi connectivity index (χ3n) is 2.76. The monoisotopic (exact) mass is 181 g/mol. The molecule has 1 aliphatic rings. The van der Waals surface area contributed by atoms with E-state index in [-0.39, 0.29) is 11.5 Å². The number of unbranched alkanes of at least 4 members (excludes halogenated alkanes) is 1. The highest BCUT2D eigenvalue weighted by Crippen LogP contribution is 2.29. The molecule has 1 unspecified atom stereocenters. The van der Waals surface area contributed by atoms with Crippen molar-refractivity contribution in [2.45, 2.75) is 32.8 Å². The summed E-state index contributed by atoms with van der Waals surface area (Å²) in [6.45, 7) is 7.03. The van der Waals surface area contributed by atoms with Crippen molar-refractivity contribution in [2.24, 2.45) is 5.41 Å². The first-order valence-corrected chi connectivity index (χ1v) is 4.90. The molecule has 0 radical (unpaired) electrons. The summed E-state index contributed by atoms with van der Waals surface area (Å²) in [6.07, 6.45) is 6.88. The Labute approximate surface area is 80.9 Å². The van der Waals surface area contributed by atoms with Crippen LogP contribution in [0.2, 0.25) is 0 Å². The molecule has 0 aromatic rings. The summed E-state index contributed by atoms with van der Waals surface area (Å²) in [7, 11) is 0. The fourth-order valence-electron chi connectivity index (χ4n) is 1.81. The van der Waals surface area contributed by atoms with Gasteiger partial charge in [-0.1, -0.05) is 13.8 Å². The van der Waals surface area contributed by atoms with E-state index in [2.05, 4.69) is 24.7 Å². The molecule has 0 amide bonds. The van der Waals surface area contributed by atoms with Gasteiger partial charge in [-0.15, -0.1) is 12.3 Å². The van der Waals surface area contributed by atoms with E-state index in [4.69, 9.17) is 6.42 Å². The first kappa shape index (κ1) is 10.6. The van der Waals surface area contributed by atoms with Crippen LogP contribution in [0.15, 0.2) is 0 Å². The molecule has 1 atom stereocenters. The van der Waals surface area contributed by atoms with Crippen LogP contribution in [0.1, 0.15) is 26.7 Å². The number of rotatable bonds is 3. The van der Waals surface area contributed by atoms with Crippen molar-refractivity contribution < 1.29 is 5.11 Å². The van der Waals surface area contributed by atoms with Crippen LogP contribution >= 0.6 is 0 Å². The maximum absolute atomic E-state index is 9.70. The minimum Gasteiger partial charge on any atom is -0.391 e. The van der Waals surface area contributed by atoms with Gasteiger partial charge in [-0.05, 0) is 13.0 Å². The van der Waals surface area contributed by atoms with Crippen LogP contribution < -0.4 is 0 Å². The molecule has 0 aliphatic carbocycles. The van der Waals surface area contributed by atoms with Gasteiger partial charge >= 0.3 is 0 Å². The first-order chi connectivity index (χ1) is 6.06. The minimum absolute atomic E-state index is 0.0517. The number of β-amino-alcohol motifs (C(OH)–C–C–N with tert-alkyl or cyclic N) is 1. The van der Waals surface area contributed by atoms with Gasteiger partial charge in [0.15, 0.2) is 0 Å². The van der Waals surface area contributed by atoms with Gasteiger partial charge in [-0.25, -0.2) is 0 Å². The van der Waals surface area contributed by atoms with Gasteiger partial charge in [0, 0.05) is 24.9 Å². The Morgan fingerprint density at radius 3 is 2.77 bits per heavy atom. The molecule has 1 aliphatic heterocycles. The van der Waals surface area contributed by atoms with Gasteiger partial charge in [-0.3, -0.25) is 0 Å². The second-order valence-electron chi connectivity index (χ2n) is 4.55. The Morgan fingerprint density at radius 2 is 2.31 bits per heavy atom. The highest BCUT2D eigenvalue weighted by Gasteiger charge is 2.37. The van der Waals surface area contributed by atoms with Crippen molar-refractivity contribution in [3.63, 3.8) is 0 Å². The smallest absolute Gasteiger partial charge is 0.0730 e. The van der Waals surface area contributed by atoms with E-state index < -0.39 is 0 Å². The van der Waals surface area contributed by atoms with Crippen LogP contribution in [0, 0.1) is 17.8 Å². The number of nitrogens with zero attached hydrogens (tertiary/aromatic N) is 1. The lowest BCUT2D eigenvalue weighted by molar-refractivity contribution is 0.0955. The highest BCUT2D eigenvalue weighted by molar-refractivity contribution is 4.91. The summed E-state index contributed by atoms with van der Waals surface area (Å²) in [5.41, 5.74) is 0.0517. The molecule has 1 N–H and O–H groups in total. The summed E-state index contributed by atoms with van der Waals surface area (Å²) >= 11 is 0. The maximum Gasteiger partial charge on any atom is 0.0730 e. The van der Waals surface area contributed by atoms with Gasteiger partial charge < -0.3 is 10.0 Å². The van der Waals surface area contributed by atoms with E-state index in [1.165, 1.54) is 0 Å². The predicted octanol–water partition coefficient (Wildman–Crippen LogP) is 1.10. The standard InChI is InChI=1S/C11H19NO/c1-4-5-6-7-12-8-10(13)11(2,3)9-12/h1,10,13H,5-9H2,2-3H3. The molecule has 2 heteroatoms. The zero-order chi connectivity index (χ0) is 9.90. The molecular weight excluding hydrogens is 162 g/mol. The van der Waals surface area contributed by atoms with Crippen LogP contribution in [-0.4, -0.2) is 35.7 Å². The highest BCUT2D eigenvalue weighted by atomic mass is 16.3. The molecular formula is C11H19NO. The summed E-state index contributed by atoms with van der Waals surface area (Å²) < 4.78 is 0. The van der Waals surface area contributed by atoms with Crippen LogP contribution in [-0.2, 0) is 0 Å². The van der Waals surface area contributed by atoms with Gasteiger partial charge in [-0.2, -0.15) is 0 Å². The van der Waals surface area contributed by atoms with Gasteiger partial charge in [0.1, 0.15) is 0 Å². The van der Waals surface area contributed by atoms with Gasteiger partial charge in [0.2, 0.25) is 0 Å². The lowest BCUT2D eigenvalue weighted by Crippen LogP contribution is -2.26. The Morgan fingerprint density at radius 1 is 1.62 bits per heavy atom. The number of hydrogen-bond acceptors (Lipinski definition) is 2. The zero-order valence-electron chi connectivity index (χ0n) is 8.58. The molecule has 1 fully saturated rings. The van der Waals surface area contributed by atoms with E-state index in [1.807, 2.05) is 0 Å². The van der Waals surface area contributed by atoms with Crippen molar-refractivity contribution in [3.05, 3.63) is 0 Å². The molecule has 13 heavy (non-hydrogen) atoms. The van der Waals surface area contributed by atoms with E-state index in [0.29, 0.717) is 0 Å². The Balaban J connectivity index is 2.29. The summed E-state index contributed by atoms with van der Waals surface area (Å²) in [6, 6.07) is 0. The van der Waals surface area contributed by atoms with Crippen molar-refractivity contribution in [3.8, 4) is 12.3 Å². The minimum atomic E-state index is -0.182. The van der Waals surface area contributed by atoms with Crippen molar-refractivity contribution >= 4 is 0 Å². The molecule has 0 spiro atoms. The number of likely N-dealkylation sites (tertiary alicyclic amines) is 1. The topological polar surface area (TPSA) is 23.5 Å². The molecule has 0 bridgehead atoms. The average Bonchev–Trinajstić information content (AvgIpc) is 2.27. The Kier molecular flexibility index (Phi) is 3.35. The third-order valence-corrected chi connectivity index (χ3v) is 2.76. The van der Waals surface area contributed by atoms with Crippen LogP contribution in [0.4, 0.5) is 0 Å². The second kappa shape index (κ2) is 4.13. The van der Waals surface area contributed by atoms with E-state index in [9.17, 15) is 5.11 Å². The zero-order valence-corrected chi connectivity index (χ0v) is 8.58. The normalized spacial score (nSPS) is 27.4. The summed E-state index contributed by atoms with van der Waals surface area (Å²) in [5, 5.41) is 9.70. The Hall–Kier alpha value is -0.520. The molecule has 0 saturated carbocycles. The van der Waals surface area contributed by atoms with Gasteiger partial charge in [0.25, 0.3) is 0 Å². The van der Waals surface area contributed by atoms with Crippen LogP contribution in [0.25, 0.3) is 0 Å². The molecule has 1 saturated heterocycles. The second-order valence-corrected chi connectivity index (χ2v) is 4.55. The molecule has 0 aromatic carbocycles. The summed E-state index contributed by atoms with van der Waals surface area (Å²) in [4.78, 5) is 2.29. The molecule has 0 aromatic heterocycles.